The number of hydrogen-bond acceptors (Lipinski definition) is 6. The minimum atomic E-state index is 0.0282. The van der Waals surface area contributed by atoms with E-state index in [9.17, 15) is 4.79 Å². The third-order valence-corrected chi connectivity index (χ3v) is 7.29. The lowest BCUT2D eigenvalue weighted by atomic mass is 9.97. The number of hydrazine groups is 1. The van der Waals surface area contributed by atoms with Crippen LogP contribution in [0.25, 0.3) is 10.9 Å². The van der Waals surface area contributed by atoms with Gasteiger partial charge in [0.25, 0.3) is 0 Å². The first-order valence-electron chi connectivity index (χ1n) is 11.9. The molecular formula is C26H31ClN6O. The fraction of sp³-hybridized carbons (Fsp3) is 0.385. The first kappa shape index (κ1) is 22.7. The molecule has 2 aromatic carbocycles. The van der Waals surface area contributed by atoms with Crippen molar-refractivity contribution in [1.29, 1.82) is 0 Å². The molecule has 3 heterocycles. The molecule has 1 atom stereocenters. The molecule has 2 saturated heterocycles. The van der Waals surface area contributed by atoms with Crippen LogP contribution >= 0.6 is 11.6 Å². The van der Waals surface area contributed by atoms with Crippen LogP contribution in [0, 0.1) is 5.92 Å². The van der Waals surface area contributed by atoms with E-state index in [-0.39, 0.29) is 11.8 Å². The van der Waals surface area contributed by atoms with Gasteiger partial charge in [0.1, 0.15) is 0 Å². The van der Waals surface area contributed by atoms with Crippen LogP contribution in [0.5, 0.6) is 0 Å². The summed E-state index contributed by atoms with van der Waals surface area (Å²) in [4.78, 5) is 22.3. The van der Waals surface area contributed by atoms with Crippen molar-refractivity contribution in [3.63, 3.8) is 0 Å². The molecular weight excluding hydrogens is 448 g/mol. The fourth-order valence-electron chi connectivity index (χ4n) is 5.09. The molecule has 7 nitrogen and oxygen atoms in total. The number of anilines is 3. The van der Waals surface area contributed by atoms with Gasteiger partial charge < -0.3 is 20.5 Å². The zero-order valence-corrected chi connectivity index (χ0v) is 20.3. The van der Waals surface area contributed by atoms with Crippen molar-refractivity contribution in [3.8, 4) is 0 Å². The van der Waals surface area contributed by atoms with Gasteiger partial charge in [-0.05, 0) is 61.4 Å². The number of piperidine rings is 1. The number of carbonyl (C=O) groups is 1. The first-order chi connectivity index (χ1) is 16.5. The summed E-state index contributed by atoms with van der Waals surface area (Å²) < 4.78 is 0. The predicted molar refractivity (Wildman–Crippen MR) is 139 cm³/mol. The number of rotatable bonds is 4. The molecule has 178 valence electrons. The van der Waals surface area contributed by atoms with Crippen molar-refractivity contribution in [2.75, 3.05) is 62.0 Å². The number of carbonyl (C=O) groups excluding carboxylic acids is 1. The van der Waals surface area contributed by atoms with E-state index in [4.69, 9.17) is 17.3 Å². The lowest BCUT2D eigenvalue weighted by molar-refractivity contribution is -0.137. The number of benzene rings is 2. The molecule has 2 aliphatic rings. The molecule has 3 aromatic rings. The van der Waals surface area contributed by atoms with Gasteiger partial charge in [-0.3, -0.25) is 9.78 Å². The average Bonchev–Trinajstić information content (AvgIpc) is 2.88. The quantitative estimate of drug-likeness (QED) is 0.574. The van der Waals surface area contributed by atoms with Gasteiger partial charge in [0, 0.05) is 74.3 Å². The van der Waals surface area contributed by atoms with Crippen LogP contribution in [-0.4, -0.2) is 67.1 Å². The second-order valence-electron chi connectivity index (χ2n) is 9.17. The summed E-state index contributed by atoms with van der Waals surface area (Å²) in [7, 11) is 2.06. The molecule has 2 fully saturated rings. The molecule has 1 aromatic heterocycles. The minimum absolute atomic E-state index is 0.0282. The van der Waals surface area contributed by atoms with Crippen molar-refractivity contribution in [2.45, 2.75) is 12.8 Å². The standard InChI is InChI=1S/C26H31ClN6O/c1-30(22-7-5-21(28)6-8-22)33-12-2-3-19(18-33)26(34)32-15-13-31(14-16-32)25-10-11-29-24-17-20(27)4-9-23(24)25/h4-11,17,19H,2-3,12-16,18,28H2,1H3. The highest BCUT2D eigenvalue weighted by atomic mass is 35.5. The van der Waals surface area contributed by atoms with Crippen LogP contribution in [0.4, 0.5) is 17.1 Å². The number of fused-ring (bicyclic) bond motifs is 1. The molecule has 8 heteroatoms. The first-order valence-corrected chi connectivity index (χ1v) is 12.3. The second kappa shape index (κ2) is 9.68. The number of amides is 1. The Bertz CT molecular complexity index is 1160. The molecule has 0 aliphatic carbocycles. The Hall–Kier alpha value is -3.03. The molecule has 2 N–H and O–H groups in total. The van der Waals surface area contributed by atoms with E-state index >= 15 is 0 Å². The Morgan fingerprint density at radius 2 is 1.82 bits per heavy atom. The molecule has 0 bridgehead atoms. The number of nitrogens with zero attached hydrogens (tertiary/aromatic N) is 5. The number of halogens is 1. The van der Waals surface area contributed by atoms with E-state index in [1.807, 2.05) is 53.6 Å². The molecule has 1 amide bonds. The summed E-state index contributed by atoms with van der Waals surface area (Å²) in [6.07, 6.45) is 3.79. The van der Waals surface area contributed by atoms with Crippen molar-refractivity contribution < 1.29 is 4.79 Å². The highest BCUT2D eigenvalue weighted by molar-refractivity contribution is 6.31. The normalized spacial score (nSPS) is 19.4. The van der Waals surface area contributed by atoms with Crippen LogP contribution in [0.15, 0.2) is 54.7 Å². The Kier molecular flexibility index (Phi) is 6.48. The summed E-state index contributed by atoms with van der Waals surface area (Å²) in [6, 6.07) is 15.8. The largest absolute Gasteiger partial charge is 0.399 e. The van der Waals surface area contributed by atoms with E-state index in [2.05, 4.69) is 33.0 Å². The number of nitrogens with two attached hydrogens (primary N) is 1. The number of aromatic nitrogens is 1. The van der Waals surface area contributed by atoms with Gasteiger partial charge in [0.15, 0.2) is 0 Å². The summed E-state index contributed by atoms with van der Waals surface area (Å²) in [5.74, 6) is 0.307. The van der Waals surface area contributed by atoms with Crippen LogP contribution in [-0.2, 0) is 4.79 Å². The third kappa shape index (κ3) is 4.63. The maximum absolute atomic E-state index is 13.4. The van der Waals surface area contributed by atoms with Gasteiger partial charge >= 0.3 is 0 Å². The van der Waals surface area contributed by atoms with Crippen molar-refractivity contribution in [3.05, 3.63) is 59.8 Å². The highest BCUT2D eigenvalue weighted by Crippen LogP contribution is 2.29. The van der Waals surface area contributed by atoms with Gasteiger partial charge in [0.05, 0.1) is 17.1 Å². The summed E-state index contributed by atoms with van der Waals surface area (Å²) in [6.45, 7) is 4.80. The lowest BCUT2D eigenvalue weighted by Crippen LogP contribution is -2.54. The maximum Gasteiger partial charge on any atom is 0.227 e. The second-order valence-corrected chi connectivity index (χ2v) is 9.61. The van der Waals surface area contributed by atoms with E-state index < -0.39 is 0 Å². The Morgan fingerprint density at radius 3 is 2.59 bits per heavy atom. The Morgan fingerprint density at radius 1 is 1.06 bits per heavy atom. The maximum atomic E-state index is 13.4. The lowest BCUT2D eigenvalue weighted by Gasteiger charge is -2.42. The predicted octanol–water partition coefficient (Wildman–Crippen LogP) is 3.88. The fourth-order valence-corrected chi connectivity index (χ4v) is 5.26. The number of piperazine rings is 1. The highest BCUT2D eigenvalue weighted by Gasteiger charge is 2.32. The van der Waals surface area contributed by atoms with Gasteiger partial charge in [-0.25, -0.2) is 5.01 Å². The van der Waals surface area contributed by atoms with Gasteiger partial charge in [-0.15, -0.1) is 0 Å². The van der Waals surface area contributed by atoms with E-state index in [0.29, 0.717) is 5.02 Å². The van der Waals surface area contributed by atoms with Gasteiger partial charge in [0.2, 0.25) is 5.91 Å². The van der Waals surface area contributed by atoms with Crippen molar-refractivity contribution >= 4 is 45.5 Å². The molecule has 0 saturated carbocycles. The SMILES string of the molecule is CN(c1ccc(N)cc1)N1CCCC(C(=O)N2CCN(c3ccnc4cc(Cl)ccc34)CC2)C1. The zero-order chi connectivity index (χ0) is 23.7. The molecule has 34 heavy (non-hydrogen) atoms. The van der Waals surface area contributed by atoms with Crippen LogP contribution in [0.3, 0.4) is 0 Å². The van der Waals surface area contributed by atoms with Crippen LogP contribution < -0.4 is 15.6 Å². The summed E-state index contributed by atoms with van der Waals surface area (Å²) >= 11 is 6.15. The minimum Gasteiger partial charge on any atom is -0.399 e. The topological polar surface area (TPSA) is 68.9 Å². The number of hydrogen-bond donors (Lipinski definition) is 1. The third-order valence-electron chi connectivity index (χ3n) is 7.05. The molecule has 0 spiro atoms. The van der Waals surface area contributed by atoms with E-state index in [1.54, 1.807) is 0 Å². The van der Waals surface area contributed by atoms with Crippen LogP contribution in [0.2, 0.25) is 5.02 Å². The monoisotopic (exact) mass is 478 g/mol. The summed E-state index contributed by atoms with van der Waals surface area (Å²) in [5.41, 5.74) is 9.73. The van der Waals surface area contributed by atoms with Crippen molar-refractivity contribution in [1.82, 2.24) is 14.9 Å². The molecule has 0 radical (unpaired) electrons. The van der Waals surface area contributed by atoms with Crippen LogP contribution in [0.1, 0.15) is 12.8 Å². The van der Waals surface area contributed by atoms with Gasteiger partial charge in [-0.1, -0.05) is 11.6 Å². The van der Waals surface area contributed by atoms with Crippen molar-refractivity contribution in [2.24, 2.45) is 5.92 Å². The van der Waals surface area contributed by atoms with E-state index in [0.717, 1.165) is 80.1 Å². The van der Waals surface area contributed by atoms with E-state index in [1.165, 1.54) is 0 Å². The average molecular weight is 479 g/mol. The number of nitrogen functional groups attached to an aromatic ring is 1. The molecule has 1 unspecified atom stereocenters. The summed E-state index contributed by atoms with van der Waals surface area (Å²) in [5, 5.41) is 6.22. The Balaban J connectivity index is 1.21. The number of pyridine rings is 1. The molecule has 2 aliphatic heterocycles. The smallest absolute Gasteiger partial charge is 0.227 e. The van der Waals surface area contributed by atoms with Gasteiger partial charge in [-0.2, -0.15) is 0 Å². The zero-order valence-electron chi connectivity index (χ0n) is 19.5. The molecule has 5 rings (SSSR count). The Labute approximate surface area is 205 Å².